The Labute approximate surface area is 107 Å². The fraction of sp³-hybridized carbons (Fsp3) is 0.636. The first-order valence-electron chi connectivity index (χ1n) is 5.89. The van der Waals surface area contributed by atoms with Crippen molar-refractivity contribution >= 4 is 23.4 Å². The molecule has 1 aromatic rings. The molecule has 1 saturated heterocycles. The van der Waals surface area contributed by atoms with E-state index in [1.165, 1.54) is 25.9 Å². The van der Waals surface area contributed by atoms with Crippen LogP contribution in [0.5, 0.6) is 0 Å². The average Bonchev–Trinajstić information content (AvgIpc) is 2.77. The lowest BCUT2D eigenvalue weighted by molar-refractivity contribution is 0.346. The molecule has 0 atom stereocenters. The molecule has 0 amide bonds. The summed E-state index contributed by atoms with van der Waals surface area (Å²) in [5.41, 5.74) is 5.57. The van der Waals surface area contributed by atoms with E-state index in [0.29, 0.717) is 5.15 Å². The van der Waals surface area contributed by atoms with E-state index in [4.69, 9.17) is 17.3 Å². The molecule has 0 saturated carbocycles. The second-order valence-corrected chi connectivity index (χ2v) is 4.76. The Morgan fingerprint density at radius 1 is 1.41 bits per heavy atom. The van der Waals surface area contributed by atoms with Gasteiger partial charge < -0.3 is 15.5 Å². The quantitative estimate of drug-likeness (QED) is 0.821. The molecule has 1 aliphatic heterocycles. The van der Waals surface area contributed by atoms with Gasteiger partial charge in [0.05, 0.1) is 0 Å². The van der Waals surface area contributed by atoms with E-state index in [2.05, 4.69) is 19.8 Å². The van der Waals surface area contributed by atoms with Gasteiger partial charge in [-0.15, -0.1) is 0 Å². The summed E-state index contributed by atoms with van der Waals surface area (Å²) >= 11 is 5.85. The molecule has 0 spiro atoms. The molecule has 2 rings (SSSR count). The Bertz CT molecular complexity index is 358. The Morgan fingerprint density at radius 2 is 2.12 bits per heavy atom. The summed E-state index contributed by atoms with van der Waals surface area (Å²) in [5.74, 6) is 1.00. The molecule has 0 radical (unpaired) electrons. The highest BCUT2D eigenvalue weighted by Gasteiger charge is 2.12. The van der Waals surface area contributed by atoms with E-state index >= 15 is 0 Å². The minimum atomic E-state index is 0.223. The first-order valence-corrected chi connectivity index (χ1v) is 6.26. The number of nitrogens with two attached hydrogens (primary N) is 1. The molecule has 0 aromatic carbocycles. The number of likely N-dealkylation sites (tertiary alicyclic amines) is 1. The minimum Gasteiger partial charge on any atom is -0.368 e. The predicted octanol–water partition coefficient (Wildman–Crippen LogP) is 1.24. The van der Waals surface area contributed by atoms with Gasteiger partial charge in [-0.1, -0.05) is 11.6 Å². The number of hydrogen-bond acceptors (Lipinski definition) is 5. The van der Waals surface area contributed by atoms with Crippen LogP contribution in [0.4, 0.5) is 11.8 Å². The van der Waals surface area contributed by atoms with Crippen molar-refractivity contribution in [3.63, 3.8) is 0 Å². The fourth-order valence-corrected chi connectivity index (χ4v) is 2.21. The second-order valence-electron chi connectivity index (χ2n) is 4.38. The third-order valence-corrected chi connectivity index (χ3v) is 3.23. The van der Waals surface area contributed by atoms with Crippen LogP contribution in [0, 0.1) is 0 Å². The van der Waals surface area contributed by atoms with E-state index in [1.807, 2.05) is 7.05 Å². The van der Waals surface area contributed by atoms with Crippen LogP contribution >= 0.6 is 11.6 Å². The van der Waals surface area contributed by atoms with Crippen LogP contribution in [0.1, 0.15) is 12.8 Å². The van der Waals surface area contributed by atoms with E-state index in [-0.39, 0.29) is 5.95 Å². The summed E-state index contributed by atoms with van der Waals surface area (Å²) in [4.78, 5) is 12.5. The van der Waals surface area contributed by atoms with Crippen LogP contribution in [0.3, 0.4) is 0 Å². The SMILES string of the molecule is CN(CCN1CCCC1)c1cc(Cl)nc(N)n1. The van der Waals surface area contributed by atoms with E-state index in [9.17, 15) is 0 Å². The van der Waals surface area contributed by atoms with Crippen molar-refractivity contribution in [1.29, 1.82) is 0 Å². The third kappa shape index (κ3) is 3.44. The molecule has 1 aromatic heterocycles. The molecule has 17 heavy (non-hydrogen) atoms. The molecule has 2 heterocycles. The molecule has 0 aliphatic carbocycles. The molecule has 2 N–H and O–H groups in total. The molecule has 6 heteroatoms. The van der Waals surface area contributed by atoms with Gasteiger partial charge in [-0.25, -0.2) is 4.98 Å². The summed E-state index contributed by atoms with van der Waals surface area (Å²) in [5, 5.41) is 0.389. The van der Waals surface area contributed by atoms with Crippen molar-refractivity contribution in [2.24, 2.45) is 0 Å². The van der Waals surface area contributed by atoms with Gasteiger partial charge in [0.2, 0.25) is 5.95 Å². The maximum Gasteiger partial charge on any atom is 0.223 e. The van der Waals surface area contributed by atoms with E-state index in [1.54, 1.807) is 6.07 Å². The number of rotatable bonds is 4. The maximum atomic E-state index is 5.85. The van der Waals surface area contributed by atoms with Crippen LogP contribution in [-0.2, 0) is 0 Å². The Balaban J connectivity index is 1.91. The highest BCUT2D eigenvalue weighted by Crippen LogP contribution is 2.16. The van der Waals surface area contributed by atoms with Crippen molar-refractivity contribution < 1.29 is 0 Å². The van der Waals surface area contributed by atoms with Crippen molar-refractivity contribution in [2.45, 2.75) is 12.8 Å². The largest absolute Gasteiger partial charge is 0.368 e. The minimum absolute atomic E-state index is 0.223. The van der Waals surface area contributed by atoms with Gasteiger partial charge in [0, 0.05) is 26.2 Å². The zero-order valence-electron chi connectivity index (χ0n) is 10.1. The Hall–Kier alpha value is -1.07. The van der Waals surface area contributed by atoms with Crippen LogP contribution in [0.25, 0.3) is 0 Å². The van der Waals surface area contributed by atoms with Gasteiger partial charge >= 0.3 is 0 Å². The Morgan fingerprint density at radius 3 is 2.76 bits per heavy atom. The van der Waals surface area contributed by atoms with Crippen LogP contribution < -0.4 is 10.6 Å². The number of anilines is 2. The lowest BCUT2D eigenvalue weighted by Crippen LogP contribution is -2.31. The van der Waals surface area contributed by atoms with Crippen molar-refractivity contribution in [1.82, 2.24) is 14.9 Å². The number of likely N-dealkylation sites (N-methyl/N-ethyl adjacent to an activating group) is 1. The van der Waals surface area contributed by atoms with Crippen molar-refractivity contribution in [2.75, 3.05) is 43.9 Å². The van der Waals surface area contributed by atoms with Gasteiger partial charge in [-0.3, -0.25) is 0 Å². The summed E-state index contributed by atoms with van der Waals surface area (Å²) in [7, 11) is 1.99. The molecular formula is C11H18ClN5. The highest BCUT2D eigenvalue weighted by molar-refractivity contribution is 6.29. The first kappa shape index (κ1) is 12.4. The first-order chi connectivity index (χ1) is 8.15. The summed E-state index contributed by atoms with van der Waals surface area (Å²) < 4.78 is 0. The number of nitrogens with zero attached hydrogens (tertiary/aromatic N) is 4. The fourth-order valence-electron chi connectivity index (χ4n) is 2.03. The molecule has 0 bridgehead atoms. The number of halogens is 1. The summed E-state index contributed by atoms with van der Waals surface area (Å²) in [6.45, 7) is 4.39. The molecule has 0 unspecified atom stereocenters. The Kier molecular flexibility index (Phi) is 4.02. The van der Waals surface area contributed by atoms with Crippen LogP contribution in [0.2, 0.25) is 5.15 Å². The number of nitrogen functional groups attached to an aromatic ring is 1. The molecule has 1 aliphatic rings. The smallest absolute Gasteiger partial charge is 0.223 e. The van der Waals surface area contributed by atoms with Crippen LogP contribution in [-0.4, -0.2) is 48.1 Å². The lowest BCUT2D eigenvalue weighted by Gasteiger charge is -2.22. The van der Waals surface area contributed by atoms with Gasteiger partial charge in [-0.2, -0.15) is 4.98 Å². The number of hydrogen-bond donors (Lipinski definition) is 1. The van der Waals surface area contributed by atoms with E-state index in [0.717, 1.165) is 18.9 Å². The standard InChI is InChI=1S/C11H18ClN5/c1-16(6-7-17-4-2-3-5-17)10-8-9(12)14-11(13)15-10/h8H,2-7H2,1H3,(H2,13,14,15). The van der Waals surface area contributed by atoms with Gasteiger partial charge in [0.25, 0.3) is 0 Å². The predicted molar refractivity (Wildman–Crippen MR) is 70.4 cm³/mol. The normalized spacial score (nSPS) is 16.4. The third-order valence-electron chi connectivity index (χ3n) is 3.04. The lowest BCUT2D eigenvalue weighted by atomic mass is 10.4. The maximum absolute atomic E-state index is 5.85. The molecule has 5 nitrogen and oxygen atoms in total. The summed E-state index contributed by atoms with van der Waals surface area (Å²) in [6.07, 6.45) is 2.63. The topological polar surface area (TPSA) is 58.3 Å². The van der Waals surface area contributed by atoms with Crippen molar-refractivity contribution in [3.8, 4) is 0 Å². The van der Waals surface area contributed by atoms with Gasteiger partial charge in [0.15, 0.2) is 0 Å². The zero-order valence-corrected chi connectivity index (χ0v) is 10.8. The molecule has 94 valence electrons. The summed E-state index contributed by atoms with van der Waals surface area (Å²) in [6, 6.07) is 1.74. The number of aromatic nitrogens is 2. The van der Waals surface area contributed by atoms with Crippen molar-refractivity contribution in [3.05, 3.63) is 11.2 Å². The van der Waals surface area contributed by atoms with Gasteiger partial charge in [-0.05, 0) is 25.9 Å². The second kappa shape index (κ2) is 5.51. The van der Waals surface area contributed by atoms with E-state index < -0.39 is 0 Å². The highest BCUT2D eigenvalue weighted by atomic mass is 35.5. The molecule has 1 fully saturated rings. The average molecular weight is 256 g/mol. The van der Waals surface area contributed by atoms with Gasteiger partial charge in [0.1, 0.15) is 11.0 Å². The van der Waals surface area contributed by atoms with Crippen LogP contribution in [0.15, 0.2) is 6.07 Å². The monoisotopic (exact) mass is 255 g/mol. The molecular weight excluding hydrogens is 238 g/mol. The zero-order chi connectivity index (χ0) is 12.3.